The topological polar surface area (TPSA) is 44.5 Å². The Morgan fingerprint density at radius 1 is 1.41 bits per heavy atom. The van der Waals surface area contributed by atoms with E-state index >= 15 is 0 Å². The lowest BCUT2D eigenvalue weighted by Gasteiger charge is -2.32. The van der Waals surface area contributed by atoms with Gasteiger partial charge in [-0.2, -0.15) is 0 Å². The quantitative estimate of drug-likeness (QED) is 0.547. The van der Waals surface area contributed by atoms with Crippen LogP contribution in [0.3, 0.4) is 0 Å². The van der Waals surface area contributed by atoms with Gasteiger partial charge >= 0.3 is 0 Å². The summed E-state index contributed by atoms with van der Waals surface area (Å²) in [6, 6.07) is 0.302. The van der Waals surface area contributed by atoms with Gasteiger partial charge in [0.1, 0.15) is 17.6 Å². The summed E-state index contributed by atoms with van der Waals surface area (Å²) < 4.78 is 11.1. The first-order valence-electron chi connectivity index (χ1n) is 6.24. The molecule has 0 atom stereocenters. The molecule has 2 N–H and O–H groups in total. The van der Waals surface area contributed by atoms with Crippen molar-refractivity contribution in [3.05, 3.63) is 36.3 Å². The van der Waals surface area contributed by atoms with Crippen molar-refractivity contribution in [1.82, 2.24) is 0 Å². The summed E-state index contributed by atoms with van der Waals surface area (Å²) in [5, 5.41) is 0. The first kappa shape index (κ1) is 13.8. The summed E-state index contributed by atoms with van der Waals surface area (Å²) in [7, 11) is 0. The molecule has 0 saturated heterocycles. The van der Waals surface area contributed by atoms with Crippen LogP contribution in [0.5, 0.6) is 0 Å². The zero-order valence-corrected chi connectivity index (χ0v) is 10.8. The molecule has 0 unspecified atom stereocenters. The van der Waals surface area contributed by atoms with Crippen LogP contribution in [0, 0.1) is 0 Å². The highest BCUT2D eigenvalue weighted by Gasteiger charge is 2.27. The Labute approximate surface area is 104 Å². The van der Waals surface area contributed by atoms with E-state index in [0.29, 0.717) is 11.8 Å². The highest BCUT2D eigenvalue weighted by atomic mass is 16.5. The van der Waals surface area contributed by atoms with Crippen molar-refractivity contribution in [2.24, 2.45) is 5.73 Å². The Morgan fingerprint density at radius 2 is 2.12 bits per heavy atom. The van der Waals surface area contributed by atoms with Crippen molar-refractivity contribution in [3.63, 3.8) is 0 Å². The fraction of sp³-hybridized carbons (Fsp3) is 0.571. The van der Waals surface area contributed by atoms with Gasteiger partial charge in [0, 0.05) is 6.04 Å². The van der Waals surface area contributed by atoms with E-state index in [1.165, 1.54) is 0 Å². The monoisotopic (exact) mass is 237 g/mol. The Bertz CT molecular complexity index is 301. The van der Waals surface area contributed by atoms with Crippen molar-refractivity contribution in [2.75, 3.05) is 6.61 Å². The van der Waals surface area contributed by atoms with Gasteiger partial charge < -0.3 is 15.2 Å². The number of hydrogen-bond acceptors (Lipinski definition) is 3. The van der Waals surface area contributed by atoms with E-state index in [4.69, 9.17) is 15.2 Å². The Kier molecular flexibility index (Phi) is 5.84. The minimum atomic E-state index is 0.243. The summed E-state index contributed by atoms with van der Waals surface area (Å²) in [5.74, 6) is 1.52. The molecule has 1 rings (SSSR count). The Hall–Kier alpha value is -1.22. The molecular formula is C14H23NO2. The van der Waals surface area contributed by atoms with Crippen LogP contribution in [0.2, 0.25) is 0 Å². The lowest BCUT2D eigenvalue weighted by Crippen LogP contribution is -2.41. The molecule has 1 aliphatic carbocycles. The van der Waals surface area contributed by atoms with Gasteiger partial charge in [0.2, 0.25) is 0 Å². The van der Waals surface area contributed by atoms with Crippen LogP contribution in [0.25, 0.3) is 0 Å². The summed E-state index contributed by atoms with van der Waals surface area (Å²) in [5.41, 5.74) is 5.69. The van der Waals surface area contributed by atoms with Gasteiger partial charge in [-0.05, 0) is 44.4 Å². The van der Waals surface area contributed by atoms with Crippen LogP contribution in [0.4, 0.5) is 0 Å². The summed E-state index contributed by atoms with van der Waals surface area (Å²) >= 11 is 0. The smallest absolute Gasteiger partial charge is 0.115 e. The van der Waals surface area contributed by atoms with Crippen molar-refractivity contribution in [1.29, 1.82) is 0 Å². The summed E-state index contributed by atoms with van der Waals surface area (Å²) in [6.45, 7) is 8.62. The molecule has 3 heteroatoms. The van der Waals surface area contributed by atoms with E-state index in [-0.39, 0.29) is 6.10 Å². The highest BCUT2D eigenvalue weighted by molar-refractivity contribution is 5.19. The Balaban J connectivity index is 2.28. The molecule has 0 radical (unpaired) electrons. The molecule has 0 heterocycles. The third-order valence-electron chi connectivity index (χ3n) is 2.64. The predicted octanol–water partition coefficient (Wildman–Crippen LogP) is 2.89. The fourth-order valence-electron chi connectivity index (χ4n) is 1.58. The second-order valence-electron chi connectivity index (χ2n) is 4.31. The molecule has 0 aromatic carbocycles. The van der Waals surface area contributed by atoms with E-state index in [0.717, 1.165) is 31.6 Å². The average Bonchev–Trinajstić information content (AvgIpc) is 2.27. The summed E-state index contributed by atoms with van der Waals surface area (Å²) in [4.78, 5) is 0. The maximum absolute atomic E-state index is 5.69. The summed E-state index contributed by atoms with van der Waals surface area (Å²) in [6.07, 6.45) is 8.76. The van der Waals surface area contributed by atoms with Crippen molar-refractivity contribution in [2.45, 2.75) is 45.3 Å². The molecule has 1 aliphatic rings. The second-order valence-corrected chi connectivity index (χ2v) is 4.31. The maximum Gasteiger partial charge on any atom is 0.115 e. The van der Waals surface area contributed by atoms with Gasteiger partial charge in [-0.1, -0.05) is 13.5 Å². The van der Waals surface area contributed by atoms with Gasteiger partial charge in [0.05, 0.1) is 6.61 Å². The molecule has 96 valence electrons. The van der Waals surface area contributed by atoms with Gasteiger partial charge in [0.15, 0.2) is 0 Å². The number of rotatable bonds is 7. The van der Waals surface area contributed by atoms with Crippen molar-refractivity contribution >= 4 is 0 Å². The fourth-order valence-corrected chi connectivity index (χ4v) is 1.58. The zero-order valence-electron chi connectivity index (χ0n) is 10.8. The molecule has 0 aromatic rings. The average molecular weight is 237 g/mol. The van der Waals surface area contributed by atoms with E-state index < -0.39 is 0 Å². The lowest BCUT2D eigenvalue weighted by atomic mass is 9.90. The molecule has 0 aromatic heterocycles. The van der Waals surface area contributed by atoms with Crippen LogP contribution in [-0.4, -0.2) is 18.8 Å². The van der Waals surface area contributed by atoms with Crippen LogP contribution in [0.1, 0.15) is 33.1 Å². The van der Waals surface area contributed by atoms with Crippen LogP contribution >= 0.6 is 0 Å². The number of ether oxygens (including phenoxy) is 2. The molecule has 0 amide bonds. The minimum absolute atomic E-state index is 0.243. The van der Waals surface area contributed by atoms with Gasteiger partial charge in [0.25, 0.3) is 0 Å². The maximum atomic E-state index is 5.69. The zero-order chi connectivity index (χ0) is 12.7. The molecule has 0 bridgehead atoms. The minimum Gasteiger partial charge on any atom is -0.494 e. The first-order chi connectivity index (χ1) is 8.15. The van der Waals surface area contributed by atoms with Crippen molar-refractivity contribution < 1.29 is 9.47 Å². The normalized spacial score (nSPS) is 24.5. The molecule has 0 aliphatic heterocycles. The van der Waals surface area contributed by atoms with Crippen LogP contribution < -0.4 is 5.73 Å². The molecule has 1 saturated carbocycles. The first-order valence-corrected chi connectivity index (χ1v) is 6.24. The second kappa shape index (κ2) is 7.17. The van der Waals surface area contributed by atoms with Gasteiger partial charge in [-0.3, -0.25) is 0 Å². The van der Waals surface area contributed by atoms with E-state index in [1.807, 2.05) is 25.2 Å². The molecular weight excluding hydrogens is 214 g/mol. The largest absolute Gasteiger partial charge is 0.494 e. The number of allylic oxidation sites excluding steroid dienone is 3. The van der Waals surface area contributed by atoms with E-state index in [2.05, 4.69) is 13.5 Å². The SMILES string of the molecule is C=C(/C=C\C(=C/C)OCCC)OC1CC(N)C1. The van der Waals surface area contributed by atoms with E-state index in [9.17, 15) is 0 Å². The highest BCUT2D eigenvalue weighted by Crippen LogP contribution is 2.23. The number of nitrogens with two attached hydrogens (primary N) is 1. The van der Waals surface area contributed by atoms with Crippen LogP contribution in [0.15, 0.2) is 36.3 Å². The molecule has 0 spiro atoms. The van der Waals surface area contributed by atoms with Gasteiger partial charge in [-0.15, -0.1) is 0 Å². The molecule has 3 nitrogen and oxygen atoms in total. The van der Waals surface area contributed by atoms with Crippen molar-refractivity contribution in [3.8, 4) is 0 Å². The molecule has 1 fully saturated rings. The third kappa shape index (κ3) is 5.09. The standard InChI is InChI=1S/C14H23NO2/c1-4-8-16-13(5-2)7-6-11(3)17-14-9-12(15)10-14/h5-7,12,14H,3-4,8-10,15H2,1-2H3/b7-6-,13-5+. The van der Waals surface area contributed by atoms with Gasteiger partial charge in [-0.25, -0.2) is 0 Å². The molecule has 17 heavy (non-hydrogen) atoms. The van der Waals surface area contributed by atoms with Crippen LogP contribution in [-0.2, 0) is 9.47 Å². The Morgan fingerprint density at radius 3 is 2.65 bits per heavy atom. The third-order valence-corrected chi connectivity index (χ3v) is 2.64. The number of hydrogen-bond donors (Lipinski definition) is 1. The predicted molar refractivity (Wildman–Crippen MR) is 70.4 cm³/mol. The lowest BCUT2D eigenvalue weighted by molar-refractivity contribution is 0.0453. The van der Waals surface area contributed by atoms with E-state index in [1.54, 1.807) is 0 Å².